The molecule has 0 unspecified atom stereocenters. The van der Waals surface area contributed by atoms with E-state index in [-0.39, 0.29) is 5.56 Å². The Morgan fingerprint density at radius 2 is 1.84 bits per heavy atom. The average Bonchev–Trinajstić information content (AvgIpc) is 2.38. The molecule has 94 valence electrons. The van der Waals surface area contributed by atoms with Gasteiger partial charge in [0.1, 0.15) is 5.65 Å². The van der Waals surface area contributed by atoms with E-state index in [9.17, 15) is 4.79 Å². The van der Waals surface area contributed by atoms with Crippen molar-refractivity contribution in [3.8, 4) is 11.1 Å². The van der Waals surface area contributed by atoms with Crippen molar-refractivity contribution < 1.29 is 0 Å². The Kier molecular flexibility index (Phi) is 2.63. The van der Waals surface area contributed by atoms with Crippen molar-refractivity contribution in [2.24, 2.45) is 0 Å². The zero-order valence-corrected chi connectivity index (χ0v) is 10.8. The van der Waals surface area contributed by atoms with Gasteiger partial charge in [-0.1, -0.05) is 0 Å². The second-order valence-electron chi connectivity index (χ2n) is 4.59. The summed E-state index contributed by atoms with van der Waals surface area (Å²) in [7, 11) is 0. The van der Waals surface area contributed by atoms with Crippen molar-refractivity contribution in [3.05, 3.63) is 58.3 Å². The van der Waals surface area contributed by atoms with Gasteiger partial charge < -0.3 is 4.98 Å². The Hall–Kier alpha value is -2.49. The van der Waals surface area contributed by atoms with Crippen LogP contribution >= 0.6 is 0 Å². The number of aromatic amines is 1. The maximum Gasteiger partial charge on any atom is 0.257 e. The third-order valence-electron chi connectivity index (χ3n) is 3.15. The second-order valence-corrected chi connectivity index (χ2v) is 4.59. The molecule has 0 bridgehead atoms. The van der Waals surface area contributed by atoms with Crippen molar-refractivity contribution in [2.75, 3.05) is 0 Å². The first-order chi connectivity index (χ1) is 9.15. The number of pyridine rings is 3. The van der Waals surface area contributed by atoms with Gasteiger partial charge >= 0.3 is 0 Å². The van der Waals surface area contributed by atoms with E-state index in [4.69, 9.17) is 0 Å². The number of hydrogen-bond donors (Lipinski definition) is 1. The largest absolute Gasteiger partial charge is 0.306 e. The topological polar surface area (TPSA) is 58.6 Å². The lowest BCUT2D eigenvalue weighted by Crippen LogP contribution is -2.10. The summed E-state index contributed by atoms with van der Waals surface area (Å²) in [6.45, 7) is 3.94. The summed E-state index contributed by atoms with van der Waals surface area (Å²) < 4.78 is 0. The highest BCUT2D eigenvalue weighted by Crippen LogP contribution is 2.20. The van der Waals surface area contributed by atoms with Crippen LogP contribution in [0.2, 0.25) is 0 Å². The molecule has 0 fully saturated rings. The molecule has 0 spiro atoms. The lowest BCUT2D eigenvalue weighted by atomic mass is 10.1. The summed E-state index contributed by atoms with van der Waals surface area (Å²) in [6.07, 6.45) is 3.36. The standard InChI is InChI=1S/C15H13N3O/c1-9-7-10(2)17-14-12(9)8-13(15(19)18-14)11-3-5-16-6-4-11/h3-8H,1-2H3,(H,17,18,19). The maximum absolute atomic E-state index is 12.1. The van der Waals surface area contributed by atoms with Crippen molar-refractivity contribution >= 4 is 11.0 Å². The molecule has 0 atom stereocenters. The minimum atomic E-state index is -0.129. The van der Waals surface area contributed by atoms with Crippen LogP contribution in [-0.4, -0.2) is 15.0 Å². The summed E-state index contributed by atoms with van der Waals surface area (Å²) in [6, 6.07) is 7.56. The molecule has 0 amide bonds. The highest BCUT2D eigenvalue weighted by Gasteiger charge is 2.08. The molecule has 0 aliphatic carbocycles. The van der Waals surface area contributed by atoms with E-state index in [1.54, 1.807) is 12.4 Å². The zero-order valence-electron chi connectivity index (χ0n) is 10.8. The van der Waals surface area contributed by atoms with E-state index in [0.29, 0.717) is 11.2 Å². The number of aromatic nitrogens is 3. The molecule has 0 saturated heterocycles. The smallest absolute Gasteiger partial charge is 0.257 e. The van der Waals surface area contributed by atoms with E-state index in [0.717, 1.165) is 22.2 Å². The highest BCUT2D eigenvalue weighted by molar-refractivity contribution is 5.83. The zero-order chi connectivity index (χ0) is 13.4. The van der Waals surface area contributed by atoms with Gasteiger partial charge in [0.2, 0.25) is 0 Å². The molecule has 4 nitrogen and oxygen atoms in total. The maximum atomic E-state index is 12.1. The Bertz CT molecular complexity index is 807. The Morgan fingerprint density at radius 3 is 2.58 bits per heavy atom. The SMILES string of the molecule is Cc1cc(C)c2cc(-c3ccncc3)c(=O)[nH]c2n1. The van der Waals surface area contributed by atoms with Gasteiger partial charge in [0.15, 0.2) is 0 Å². The van der Waals surface area contributed by atoms with Crippen molar-refractivity contribution in [1.29, 1.82) is 0 Å². The molecule has 3 heterocycles. The third kappa shape index (κ3) is 2.01. The number of aryl methyl sites for hydroxylation is 2. The van der Waals surface area contributed by atoms with Crippen LogP contribution in [0.1, 0.15) is 11.3 Å². The number of H-pyrrole nitrogens is 1. The number of rotatable bonds is 1. The number of nitrogens with one attached hydrogen (secondary N) is 1. The average molecular weight is 251 g/mol. The molecule has 0 saturated carbocycles. The minimum absolute atomic E-state index is 0.129. The van der Waals surface area contributed by atoms with Crippen molar-refractivity contribution in [3.63, 3.8) is 0 Å². The summed E-state index contributed by atoms with van der Waals surface area (Å²) in [5, 5.41) is 0.969. The normalized spacial score (nSPS) is 10.8. The van der Waals surface area contributed by atoms with Gasteiger partial charge in [-0.05, 0) is 49.2 Å². The molecule has 3 rings (SSSR count). The van der Waals surface area contributed by atoms with E-state index in [2.05, 4.69) is 15.0 Å². The van der Waals surface area contributed by atoms with Gasteiger partial charge in [0.25, 0.3) is 5.56 Å². The molecule has 0 radical (unpaired) electrons. The van der Waals surface area contributed by atoms with Crippen LogP contribution in [0.4, 0.5) is 0 Å². The first-order valence-electron chi connectivity index (χ1n) is 6.07. The second kappa shape index (κ2) is 4.31. The van der Waals surface area contributed by atoms with Gasteiger partial charge in [-0.2, -0.15) is 0 Å². The van der Waals surface area contributed by atoms with E-state index in [1.807, 2.05) is 38.1 Å². The molecule has 0 aliphatic heterocycles. The first kappa shape index (κ1) is 11.6. The number of hydrogen-bond acceptors (Lipinski definition) is 3. The fourth-order valence-electron chi connectivity index (χ4n) is 2.25. The predicted octanol–water partition coefficient (Wildman–Crippen LogP) is 2.60. The van der Waals surface area contributed by atoms with Gasteiger partial charge in [-0.3, -0.25) is 9.78 Å². The van der Waals surface area contributed by atoms with Gasteiger partial charge in [-0.15, -0.1) is 0 Å². The van der Waals surface area contributed by atoms with Crippen LogP contribution in [0.3, 0.4) is 0 Å². The molecule has 19 heavy (non-hydrogen) atoms. The van der Waals surface area contributed by atoms with Gasteiger partial charge in [0, 0.05) is 29.0 Å². The minimum Gasteiger partial charge on any atom is -0.306 e. The first-order valence-corrected chi connectivity index (χ1v) is 6.07. The predicted molar refractivity (Wildman–Crippen MR) is 75.1 cm³/mol. The molecule has 3 aromatic heterocycles. The van der Waals surface area contributed by atoms with Crippen molar-refractivity contribution in [1.82, 2.24) is 15.0 Å². The number of fused-ring (bicyclic) bond motifs is 1. The van der Waals surface area contributed by atoms with Crippen LogP contribution in [0.25, 0.3) is 22.2 Å². The third-order valence-corrected chi connectivity index (χ3v) is 3.15. The monoisotopic (exact) mass is 251 g/mol. The van der Waals surface area contributed by atoms with Crippen LogP contribution in [0, 0.1) is 13.8 Å². The molecular weight excluding hydrogens is 238 g/mol. The molecule has 0 aliphatic rings. The summed E-state index contributed by atoms with van der Waals surface area (Å²) in [5.74, 6) is 0. The summed E-state index contributed by atoms with van der Waals surface area (Å²) in [5.41, 5.74) is 4.02. The summed E-state index contributed by atoms with van der Waals surface area (Å²) >= 11 is 0. The van der Waals surface area contributed by atoms with Crippen molar-refractivity contribution in [2.45, 2.75) is 13.8 Å². The van der Waals surface area contributed by atoms with E-state index < -0.39 is 0 Å². The van der Waals surface area contributed by atoms with Crippen LogP contribution < -0.4 is 5.56 Å². The molecule has 0 aromatic carbocycles. The fraction of sp³-hybridized carbons (Fsp3) is 0.133. The highest BCUT2D eigenvalue weighted by atomic mass is 16.1. The van der Waals surface area contributed by atoms with Crippen LogP contribution in [0.15, 0.2) is 41.5 Å². The molecule has 4 heteroatoms. The number of nitrogens with zero attached hydrogens (tertiary/aromatic N) is 2. The summed E-state index contributed by atoms with van der Waals surface area (Å²) in [4.78, 5) is 23.3. The molecular formula is C15H13N3O. The Labute approximate surface area is 110 Å². The van der Waals surface area contributed by atoms with Gasteiger partial charge in [0.05, 0.1) is 0 Å². The quantitative estimate of drug-likeness (QED) is 0.723. The molecule has 3 aromatic rings. The molecule has 1 N–H and O–H groups in total. The lowest BCUT2D eigenvalue weighted by Gasteiger charge is -2.06. The van der Waals surface area contributed by atoms with Crippen LogP contribution in [-0.2, 0) is 0 Å². The Morgan fingerprint density at radius 1 is 1.11 bits per heavy atom. The fourth-order valence-corrected chi connectivity index (χ4v) is 2.25. The van der Waals surface area contributed by atoms with Gasteiger partial charge in [-0.25, -0.2) is 4.98 Å². The van der Waals surface area contributed by atoms with E-state index in [1.165, 1.54) is 0 Å². The van der Waals surface area contributed by atoms with Crippen LogP contribution in [0.5, 0.6) is 0 Å². The Balaban J connectivity index is 2.34. The van der Waals surface area contributed by atoms with E-state index >= 15 is 0 Å². The lowest BCUT2D eigenvalue weighted by molar-refractivity contribution is 1.16.